The molecule has 120 valence electrons. The van der Waals surface area contributed by atoms with E-state index >= 15 is 0 Å². The van der Waals surface area contributed by atoms with Crippen molar-refractivity contribution in [3.8, 4) is 0 Å². The molecule has 1 aliphatic carbocycles. The van der Waals surface area contributed by atoms with Crippen LogP contribution in [0.4, 0.5) is 4.39 Å². The van der Waals surface area contributed by atoms with E-state index in [-0.39, 0.29) is 11.7 Å². The molecule has 0 amide bonds. The van der Waals surface area contributed by atoms with E-state index in [4.69, 9.17) is 10.5 Å². The number of aryl methyl sites for hydroxylation is 2. The zero-order chi connectivity index (χ0) is 16.4. The molecule has 2 atom stereocenters. The Morgan fingerprint density at radius 1 is 1.22 bits per heavy atom. The van der Waals surface area contributed by atoms with Gasteiger partial charge in [-0.05, 0) is 53.6 Å². The molecular weight excluding hydrogens is 293 g/mol. The summed E-state index contributed by atoms with van der Waals surface area (Å²) >= 11 is 0. The van der Waals surface area contributed by atoms with Crippen molar-refractivity contribution in [2.24, 2.45) is 5.73 Å². The summed E-state index contributed by atoms with van der Waals surface area (Å²) in [6.45, 7) is 0. The molecule has 0 spiro atoms. The molecule has 2 aromatic carbocycles. The third-order valence-corrected chi connectivity index (χ3v) is 4.57. The number of ether oxygens (including phenoxy) is 1. The van der Waals surface area contributed by atoms with Crippen molar-refractivity contribution in [2.45, 2.75) is 31.2 Å². The third kappa shape index (κ3) is 3.13. The first-order valence-corrected chi connectivity index (χ1v) is 7.79. The van der Waals surface area contributed by atoms with Crippen molar-refractivity contribution in [3.05, 3.63) is 70.5 Å². The predicted molar refractivity (Wildman–Crippen MR) is 86.7 cm³/mol. The van der Waals surface area contributed by atoms with Crippen LogP contribution in [0.25, 0.3) is 0 Å². The number of nitrogens with two attached hydrogens (primary N) is 1. The highest BCUT2D eigenvalue weighted by Gasteiger charge is 2.28. The second-order valence-electron chi connectivity index (χ2n) is 5.96. The molecule has 0 radical (unpaired) electrons. The highest BCUT2D eigenvalue weighted by Crippen LogP contribution is 2.37. The highest BCUT2D eigenvalue weighted by molar-refractivity contribution is 5.75. The van der Waals surface area contributed by atoms with Gasteiger partial charge in [0.05, 0.1) is 7.11 Å². The molecule has 0 fully saturated rings. The third-order valence-electron chi connectivity index (χ3n) is 4.57. The number of esters is 1. The lowest BCUT2D eigenvalue weighted by molar-refractivity contribution is -0.142. The van der Waals surface area contributed by atoms with Gasteiger partial charge in [-0.3, -0.25) is 4.79 Å². The summed E-state index contributed by atoms with van der Waals surface area (Å²) in [5, 5.41) is 0. The number of carbonyl (C=O) groups excluding carboxylic acids is 1. The fraction of sp³-hybridized carbons (Fsp3) is 0.316. The van der Waals surface area contributed by atoms with Crippen LogP contribution in [0.3, 0.4) is 0 Å². The van der Waals surface area contributed by atoms with Crippen molar-refractivity contribution in [1.82, 2.24) is 0 Å². The highest BCUT2D eigenvalue weighted by atomic mass is 19.1. The maximum atomic E-state index is 13.6. The van der Waals surface area contributed by atoms with Gasteiger partial charge >= 0.3 is 5.97 Å². The normalized spacial score (nSPS) is 17.6. The summed E-state index contributed by atoms with van der Waals surface area (Å²) < 4.78 is 18.4. The Labute approximate surface area is 135 Å². The number of methoxy groups -OCH3 is 1. The molecule has 3 nitrogen and oxygen atoms in total. The van der Waals surface area contributed by atoms with E-state index in [1.54, 1.807) is 6.07 Å². The van der Waals surface area contributed by atoms with Gasteiger partial charge in [-0.25, -0.2) is 4.39 Å². The number of halogens is 1. The topological polar surface area (TPSA) is 52.3 Å². The van der Waals surface area contributed by atoms with Crippen LogP contribution >= 0.6 is 0 Å². The van der Waals surface area contributed by atoms with Crippen LogP contribution in [-0.2, 0) is 22.4 Å². The smallest absolute Gasteiger partial charge is 0.322 e. The second-order valence-corrected chi connectivity index (χ2v) is 5.96. The molecule has 2 aromatic rings. The number of rotatable bonds is 3. The second kappa shape index (κ2) is 6.50. The lowest BCUT2D eigenvalue weighted by Crippen LogP contribution is -2.33. The molecule has 2 unspecified atom stereocenters. The fourth-order valence-electron chi connectivity index (χ4n) is 3.42. The Kier molecular flexibility index (Phi) is 4.44. The van der Waals surface area contributed by atoms with Crippen LogP contribution in [-0.4, -0.2) is 19.1 Å². The lowest BCUT2D eigenvalue weighted by Gasteiger charge is -2.22. The van der Waals surface area contributed by atoms with Crippen molar-refractivity contribution in [3.63, 3.8) is 0 Å². The van der Waals surface area contributed by atoms with Gasteiger partial charge in [0.1, 0.15) is 11.9 Å². The van der Waals surface area contributed by atoms with Crippen molar-refractivity contribution < 1.29 is 13.9 Å². The zero-order valence-electron chi connectivity index (χ0n) is 13.1. The number of hydrogen-bond donors (Lipinski definition) is 1. The van der Waals surface area contributed by atoms with Gasteiger partial charge in [-0.15, -0.1) is 0 Å². The molecule has 23 heavy (non-hydrogen) atoms. The van der Waals surface area contributed by atoms with Crippen molar-refractivity contribution >= 4 is 5.97 Å². The van der Waals surface area contributed by atoms with E-state index in [9.17, 15) is 9.18 Å². The average Bonchev–Trinajstić information content (AvgIpc) is 2.71. The standard InChI is InChI=1S/C19H20FNO2/c1-23-19(22)18(21)11-17-15-5-3-2-4-12(15)6-7-13-10-14(20)8-9-16(13)17/h2-5,8-10,17-18H,6-7,11,21H2,1H3. The quantitative estimate of drug-likeness (QED) is 0.886. The van der Waals surface area contributed by atoms with Crippen LogP contribution in [0, 0.1) is 5.82 Å². The molecule has 0 aromatic heterocycles. The number of fused-ring (bicyclic) bond motifs is 2. The Balaban J connectivity index is 2.06. The number of carbonyl (C=O) groups is 1. The molecular formula is C19H20FNO2. The summed E-state index contributed by atoms with van der Waals surface area (Å²) in [5.74, 6) is -0.681. The van der Waals surface area contributed by atoms with Gasteiger partial charge in [0.15, 0.2) is 0 Å². The SMILES string of the molecule is COC(=O)C(N)CC1c2ccccc2CCc2cc(F)ccc21. The summed E-state index contributed by atoms with van der Waals surface area (Å²) in [5.41, 5.74) is 10.4. The van der Waals surface area contributed by atoms with E-state index in [2.05, 4.69) is 12.1 Å². The molecule has 0 saturated heterocycles. The molecule has 1 aliphatic rings. The van der Waals surface area contributed by atoms with Crippen LogP contribution in [0.1, 0.15) is 34.6 Å². The summed E-state index contributed by atoms with van der Waals surface area (Å²) in [4.78, 5) is 11.7. The molecule has 0 aliphatic heterocycles. The summed E-state index contributed by atoms with van der Waals surface area (Å²) in [6, 6.07) is 12.4. The Hall–Kier alpha value is -2.20. The van der Waals surface area contributed by atoms with Gasteiger partial charge < -0.3 is 10.5 Å². The summed E-state index contributed by atoms with van der Waals surface area (Å²) in [7, 11) is 1.34. The first-order valence-electron chi connectivity index (χ1n) is 7.79. The van der Waals surface area contributed by atoms with Crippen LogP contribution in [0.5, 0.6) is 0 Å². The summed E-state index contributed by atoms with van der Waals surface area (Å²) in [6.07, 6.45) is 2.09. The van der Waals surface area contributed by atoms with Crippen LogP contribution in [0.15, 0.2) is 42.5 Å². The van der Waals surface area contributed by atoms with E-state index in [1.807, 2.05) is 18.2 Å². The first-order chi connectivity index (χ1) is 11.1. The minimum absolute atomic E-state index is 0.0293. The van der Waals surface area contributed by atoms with Gasteiger partial charge in [0.2, 0.25) is 0 Å². The van der Waals surface area contributed by atoms with Crippen molar-refractivity contribution in [2.75, 3.05) is 7.11 Å². The molecule has 0 heterocycles. The minimum Gasteiger partial charge on any atom is -0.468 e. The monoisotopic (exact) mass is 313 g/mol. The van der Waals surface area contributed by atoms with Gasteiger partial charge in [-0.1, -0.05) is 30.3 Å². The fourth-order valence-corrected chi connectivity index (χ4v) is 3.42. The van der Waals surface area contributed by atoms with E-state index in [0.717, 1.165) is 29.5 Å². The molecule has 4 heteroatoms. The Morgan fingerprint density at radius 2 is 1.91 bits per heavy atom. The first kappa shape index (κ1) is 15.7. The van der Waals surface area contributed by atoms with E-state index < -0.39 is 12.0 Å². The maximum absolute atomic E-state index is 13.6. The lowest BCUT2D eigenvalue weighted by atomic mass is 9.83. The number of benzene rings is 2. The van der Waals surface area contributed by atoms with Gasteiger partial charge in [0, 0.05) is 5.92 Å². The Morgan fingerprint density at radius 3 is 2.70 bits per heavy atom. The van der Waals surface area contributed by atoms with Crippen LogP contribution < -0.4 is 5.73 Å². The molecule has 0 saturated carbocycles. The molecule has 3 rings (SSSR count). The van der Waals surface area contributed by atoms with E-state index in [1.165, 1.54) is 18.7 Å². The van der Waals surface area contributed by atoms with Gasteiger partial charge in [0.25, 0.3) is 0 Å². The van der Waals surface area contributed by atoms with E-state index in [0.29, 0.717) is 6.42 Å². The average molecular weight is 313 g/mol. The van der Waals surface area contributed by atoms with Crippen molar-refractivity contribution in [1.29, 1.82) is 0 Å². The number of hydrogen-bond acceptors (Lipinski definition) is 3. The maximum Gasteiger partial charge on any atom is 0.322 e. The predicted octanol–water partition coefficient (Wildman–Crippen LogP) is 2.95. The largest absolute Gasteiger partial charge is 0.468 e. The minimum atomic E-state index is -0.700. The molecule has 2 N–H and O–H groups in total. The van der Waals surface area contributed by atoms with Crippen LogP contribution in [0.2, 0.25) is 0 Å². The van der Waals surface area contributed by atoms with Gasteiger partial charge in [-0.2, -0.15) is 0 Å². The molecule has 0 bridgehead atoms. The zero-order valence-corrected chi connectivity index (χ0v) is 13.1. The Bertz CT molecular complexity index is 729.